The van der Waals surface area contributed by atoms with Crippen molar-refractivity contribution >= 4 is 5.69 Å². The van der Waals surface area contributed by atoms with Crippen LogP contribution in [0.25, 0.3) is 0 Å². The van der Waals surface area contributed by atoms with Gasteiger partial charge in [0, 0.05) is 30.8 Å². The monoisotopic (exact) mass is 254 g/mol. The van der Waals surface area contributed by atoms with Crippen LogP contribution < -0.4 is 0 Å². The van der Waals surface area contributed by atoms with Crippen LogP contribution in [0.3, 0.4) is 0 Å². The molecule has 0 saturated carbocycles. The second-order valence-electron chi connectivity index (χ2n) is 5.05. The normalized spacial score (nSPS) is 11.8. The largest absolute Gasteiger partial charge is 0.508 e. The minimum atomic E-state index is -0.856. The molecule has 0 amide bonds. The Morgan fingerprint density at radius 3 is 2.56 bits per heavy atom. The van der Waals surface area contributed by atoms with Gasteiger partial charge in [0.2, 0.25) is 0 Å². The SMILES string of the molecule is CN(Cc1cc([N+](=O)[O-])ccc1O)CC(C)(C)O. The molecule has 0 aliphatic rings. The average molecular weight is 254 g/mol. The summed E-state index contributed by atoms with van der Waals surface area (Å²) in [6.45, 7) is 4.08. The lowest BCUT2D eigenvalue weighted by Gasteiger charge is -2.25. The smallest absolute Gasteiger partial charge is 0.270 e. The maximum absolute atomic E-state index is 10.6. The molecule has 0 unspecified atom stereocenters. The molecule has 0 fully saturated rings. The number of benzene rings is 1. The van der Waals surface area contributed by atoms with E-state index < -0.39 is 10.5 Å². The van der Waals surface area contributed by atoms with Gasteiger partial charge in [0.1, 0.15) is 5.75 Å². The van der Waals surface area contributed by atoms with Gasteiger partial charge in [0.05, 0.1) is 10.5 Å². The molecule has 0 heterocycles. The second kappa shape index (κ2) is 5.32. The third kappa shape index (κ3) is 4.31. The fourth-order valence-electron chi connectivity index (χ4n) is 1.82. The highest BCUT2D eigenvalue weighted by Gasteiger charge is 2.17. The summed E-state index contributed by atoms with van der Waals surface area (Å²) in [5.74, 6) is 0.0168. The summed E-state index contributed by atoms with van der Waals surface area (Å²) < 4.78 is 0. The molecular weight excluding hydrogens is 236 g/mol. The number of nitrogens with zero attached hydrogens (tertiary/aromatic N) is 2. The zero-order chi connectivity index (χ0) is 13.9. The van der Waals surface area contributed by atoms with E-state index in [-0.39, 0.29) is 11.4 Å². The molecule has 0 aliphatic heterocycles. The molecule has 0 spiro atoms. The number of hydrogen-bond donors (Lipinski definition) is 2. The van der Waals surface area contributed by atoms with Gasteiger partial charge in [-0.2, -0.15) is 0 Å². The summed E-state index contributed by atoms with van der Waals surface area (Å²) in [5.41, 5.74) is -0.444. The Balaban J connectivity index is 2.83. The summed E-state index contributed by atoms with van der Waals surface area (Å²) in [7, 11) is 1.77. The summed E-state index contributed by atoms with van der Waals surface area (Å²) in [6.07, 6.45) is 0. The van der Waals surface area contributed by atoms with Crippen molar-refractivity contribution in [2.75, 3.05) is 13.6 Å². The van der Waals surface area contributed by atoms with Crippen LogP contribution in [0.2, 0.25) is 0 Å². The number of phenolic OH excluding ortho intramolecular Hbond substituents is 1. The van der Waals surface area contributed by atoms with Crippen LogP contribution in [-0.2, 0) is 6.54 Å². The molecular formula is C12H18N2O4. The van der Waals surface area contributed by atoms with Gasteiger partial charge in [-0.25, -0.2) is 0 Å². The van der Waals surface area contributed by atoms with Crippen LogP contribution in [-0.4, -0.2) is 39.2 Å². The Morgan fingerprint density at radius 1 is 1.44 bits per heavy atom. The lowest BCUT2D eigenvalue weighted by atomic mass is 10.1. The number of aromatic hydroxyl groups is 1. The molecule has 6 heteroatoms. The molecule has 0 atom stereocenters. The first-order valence-electron chi connectivity index (χ1n) is 5.56. The molecule has 0 aliphatic carbocycles. The number of likely N-dealkylation sites (N-methyl/N-ethyl adjacent to an activating group) is 1. The van der Waals surface area contributed by atoms with Gasteiger partial charge in [0.15, 0.2) is 0 Å². The molecule has 1 aromatic carbocycles. The Kier molecular flexibility index (Phi) is 4.26. The van der Waals surface area contributed by atoms with Crippen molar-refractivity contribution in [3.63, 3.8) is 0 Å². The van der Waals surface area contributed by atoms with Crippen molar-refractivity contribution in [3.8, 4) is 5.75 Å². The van der Waals surface area contributed by atoms with Crippen molar-refractivity contribution < 1.29 is 15.1 Å². The lowest BCUT2D eigenvalue weighted by Crippen LogP contribution is -2.35. The van der Waals surface area contributed by atoms with Crippen LogP contribution in [0, 0.1) is 10.1 Å². The molecule has 1 rings (SSSR count). The van der Waals surface area contributed by atoms with E-state index in [9.17, 15) is 20.3 Å². The Hall–Kier alpha value is -1.66. The Morgan fingerprint density at radius 2 is 2.06 bits per heavy atom. The van der Waals surface area contributed by atoms with E-state index in [2.05, 4.69) is 0 Å². The average Bonchev–Trinajstić information content (AvgIpc) is 2.18. The zero-order valence-electron chi connectivity index (χ0n) is 10.8. The molecule has 2 N–H and O–H groups in total. The van der Waals surface area contributed by atoms with Crippen molar-refractivity contribution in [2.45, 2.75) is 26.0 Å². The van der Waals surface area contributed by atoms with E-state index in [4.69, 9.17) is 0 Å². The fourth-order valence-corrected chi connectivity index (χ4v) is 1.82. The van der Waals surface area contributed by atoms with Crippen LogP contribution >= 0.6 is 0 Å². The first-order valence-corrected chi connectivity index (χ1v) is 5.56. The van der Waals surface area contributed by atoms with Gasteiger partial charge >= 0.3 is 0 Å². The molecule has 6 nitrogen and oxygen atoms in total. The fraction of sp³-hybridized carbons (Fsp3) is 0.500. The van der Waals surface area contributed by atoms with Crippen molar-refractivity contribution in [2.24, 2.45) is 0 Å². The number of rotatable bonds is 5. The van der Waals surface area contributed by atoms with Crippen LogP contribution in [0.4, 0.5) is 5.69 Å². The maximum Gasteiger partial charge on any atom is 0.270 e. The molecule has 0 radical (unpaired) electrons. The molecule has 0 bridgehead atoms. The predicted octanol–water partition coefficient (Wildman–Crippen LogP) is 1.50. The van der Waals surface area contributed by atoms with Crippen LogP contribution in [0.1, 0.15) is 19.4 Å². The molecule has 0 aromatic heterocycles. The van der Waals surface area contributed by atoms with E-state index in [1.54, 1.807) is 25.8 Å². The van der Waals surface area contributed by atoms with Crippen molar-refractivity contribution in [1.82, 2.24) is 4.90 Å². The first-order chi connectivity index (χ1) is 8.19. The van der Waals surface area contributed by atoms with E-state index in [1.807, 2.05) is 0 Å². The van der Waals surface area contributed by atoms with Crippen LogP contribution in [0.15, 0.2) is 18.2 Å². The lowest BCUT2D eigenvalue weighted by molar-refractivity contribution is -0.385. The van der Waals surface area contributed by atoms with E-state index in [0.717, 1.165) is 0 Å². The number of nitro benzene ring substituents is 1. The molecule has 1 aromatic rings. The van der Waals surface area contributed by atoms with Crippen LogP contribution in [0.5, 0.6) is 5.75 Å². The third-order valence-electron chi connectivity index (χ3n) is 2.37. The standard InChI is InChI=1S/C12H18N2O4/c1-12(2,16)8-13(3)7-9-6-10(14(17)18)4-5-11(9)15/h4-6,15-16H,7-8H2,1-3H3. The van der Waals surface area contributed by atoms with Crippen molar-refractivity contribution in [3.05, 3.63) is 33.9 Å². The van der Waals surface area contributed by atoms with Gasteiger partial charge in [-0.05, 0) is 27.0 Å². The highest BCUT2D eigenvalue weighted by molar-refractivity contribution is 5.42. The van der Waals surface area contributed by atoms with Gasteiger partial charge in [-0.3, -0.25) is 15.0 Å². The Bertz CT molecular complexity index is 440. The van der Waals surface area contributed by atoms with Crippen molar-refractivity contribution in [1.29, 1.82) is 0 Å². The highest BCUT2D eigenvalue weighted by Crippen LogP contribution is 2.24. The van der Waals surface area contributed by atoms with E-state index in [0.29, 0.717) is 18.7 Å². The maximum atomic E-state index is 10.6. The van der Waals surface area contributed by atoms with Gasteiger partial charge in [-0.15, -0.1) is 0 Å². The van der Waals surface area contributed by atoms with Gasteiger partial charge in [0.25, 0.3) is 5.69 Å². The first kappa shape index (κ1) is 14.4. The number of hydrogen-bond acceptors (Lipinski definition) is 5. The summed E-state index contributed by atoms with van der Waals surface area (Å²) in [4.78, 5) is 11.9. The Labute approximate surface area is 106 Å². The van der Waals surface area contributed by atoms with E-state index >= 15 is 0 Å². The number of non-ortho nitro benzene ring substituents is 1. The third-order valence-corrected chi connectivity index (χ3v) is 2.37. The van der Waals surface area contributed by atoms with Gasteiger partial charge in [-0.1, -0.05) is 0 Å². The molecule has 18 heavy (non-hydrogen) atoms. The van der Waals surface area contributed by atoms with E-state index in [1.165, 1.54) is 18.2 Å². The topological polar surface area (TPSA) is 86.8 Å². The number of phenols is 1. The summed E-state index contributed by atoms with van der Waals surface area (Å²) in [5, 5.41) is 30.0. The minimum absolute atomic E-state index is 0.0168. The molecule has 100 valence electrons. The molecule has 0 saturated heterocycles. The number of nitro groups is 1. The zero-order valence-corrected chi connectivity index (χ0v) is 10.8. The predicted molar refractivity (Wildman–Crippen MR) is 67.4 cm³/mol. The quantitative estimate of drug-likeness (QED) is 0.614. The summed E-state index contributed by atoms with van der Waals surface area (Å²) >= 11 is 0. The van der Waals surface area contributed by atoms with Gasteiger partial charge < -0.3 is 10.2 Å². The summed E-state index contributed by atoms with van der Waals surface area (Å²) in [6, 6.07) is 3.91. The minimum Gasteiger partial charge on any atom is -0.508 e. The number of aliphatic hydroxyl groups is 1. The second-order valence-corrected chi connectivity index (χ2v) is 5.05. The highest BCUT2D eigenvalue weighted by atomic mass is 16.6.